The third-order valence-electron chi connectivity index (χ3n) is 5.25. The third kappa shape index (κ3) is 4.75. The third-order valence-corrected chi connectivity index (χ3v) is 6.04. The summed E-state index contributed by atoms with van der Waals surface area (Å²) < 4.78 is 0. The number of rotatable bonds is 6. The van der Waals surface area contributed by atoms with Crippen LogP contribution in [-0.4, -0.2) is 55.1 Å². The number of carbonyl (C=O) groups is 2. The van der Waals surface area contributed by atoms with Gasteiger partial charge >= 0.3 is 0 Å². The van der Waals surface area contributed by atoms with E-state index in [-0.39, 0.29) is 17.7 Å². The lowest BCUT2D eigenvalue weighted by atomic mass is 10.1. The van der Waals surface area contributed by atoms with Crippen molar-refractivity contribution in [3.05, 3.63) is 54.1 Å². The van der Waals surface area contributed by atoms with Crippen molar-refractivity contribution in [3.63, 3.8) is 0 Å². The maximum absolute atomic E-state index is 12.7. The van der Waals surface area contributed by atoms with Crippen LogP contribution in [0.2, 0.25) is 0 Å². The van der Waals surface area contributed by atoms with Gasteiger partial charge in [0.15, 0.2) is 5.78 Å². The summed E-state index contributed by atoms with van der Waals surface area (Å²) >= 11 is 1.63. The Kier molecular flexibility index (Phi) is 6.75. The zero-order chi connectivity index (χ0) is 20.1. The van der Waals surface area contributed by atoms with Gasteiger partial charge in [-0.3, -0.25) is 14.5 Å². The number of nitrogens with one attached hydrogen (secondary N) is 1. The average molecular weight is 398 g/mol. The number of hydrogen-bond donors (Lipinski definition) is 1. The molecule has 1 aliphatic rings. The Balaban J connectivity index is 1.56. The van der Waals surface area contributed by atoms with E-state index >= 15 is 0 Å². The Hall–Kier alpha value is -2.31. The van der Waals surface area contributed by atoms with E-state index in [1.807, 2.05) is 61.7 Å². The first-order valence-electron chi connectivity index (χ1n) is 9.53. The number of Topliss-reactive ketones (excluding diaryl/α,β-unsaturated/α-hetero) is 1. The number of anilines is 2. The van der Waals surface area contributed by atoms with Crippen LogP contribution >= 0.6 is 11.8 Å². The number of carbonyl (C=O) groups excluding carboxylic acids is 2. The lowest BCUT2D eigenvalue weighted by Crippen LogP contribution is -2.52. The van der Waals surface area contributed by atoms with Crippen LogP contribution in [0.5, 0.6) is 0 Å². The van der Waals surface area contributed by atoms with Crippen molar-refractivity contribution in [2.24, 2.45) is 0 Å². The van der Waals surface area contributed by atoms with Gasteiger partial charge in [0.1, 0.15) is 0 Å². The molecule has 1 aliphatic heterocycles. The highest BCUT2D eigenvalue weighted by Gasteiger charge is 2.26. The van der Waals surface area contributed by atoms with Crippen LogP contribution in [0.3, 0.4) is 0 Å². The summed E-state index contributed by atoms with van der Waals surface area (Å²) in [4.78, 5) is 29.7. The molecule has 0 aromatic heterocycles. The number of benzene rings is 2. The van der Waals surface area contributed by atoms with Crippen molar-refractivity contribution in [2.45, 2.75) is 24.8 Å². The van der Waals surface area contributed by atoms with Gasteiger partial charge in [-0.2, -0.15) is 0 Å². The van der Waals surface area contributed by atoms with Gasteiger partial charge in [0.05, 0.1) is 11.7 Å². The Morgan fingerprint density at radius 3 is 2.25 bits per heavy atom. The molecule has 5 nitrogen and oxygen atoms in total. The van der Waals surface area contributed by atoms with Crippen LogP contribution in [0.4, 0.5) is 11.4 Å². The summed E-state index contributed by atoms with van der Waals surface area (Å²) in [6, 6.07) is 15.5. The van der Waals surface area contributed by atoms with E-state index < -0.39 is 0 Å². The molecule has 148 valence electrons. The van der Waals surface area contributed by atoms with Gasteiger partial charge in [-0.15, -0.1) is 11.8 Å². The van der Waals surface area contributed by atoms with Crippen molar-refractivity contribution in [1.82, 2.24) is 4.90 Å². The number of amides is 1. The molecule has 2 aromatic carbocycles. The molecule has 0 radical (unpaired) electrons. The Labute approximate surface area is 171 Å². The summed E-state index contributed by atoms with van der Waals surface area (Å²) in [5.41, 5.74) is 2.73. The van der Waals surface area contributed by atoms with Crippen LogP contribution in [0.15, 0.2) is 53.4 Å². The fraction of sp³-hybridized carbons (Fsp3) is 0.364. The van der Waals surface area contributed by atoms with Crippen LogP contribution in [0.1, 0.15) is 24.2 Å². The number of ketones is 1. The summed E-state index contributed by atoms with van der Waals surface area (Å²) in [7, 11) is 0. The molecule has 6 heteroatoms. The quantitative estimate of drug-likeness (QED) is 0.594. The molecule has 0 aliphatic carbocycles. The van der Waals surface area contributed by atoms with E-state index in [1.54, 1.807) is 18.7 Å². The van der Waals surface area contributed by atoms with Gasteiger partial charge in [0.25, 0.3) is 0 Å². The maximum atomic E-state index is 12.7. The highest BCUT2D eigenvalue weighted by molar-refractivity contribution is 7.98. The monoisotopic (exact) mass is 397 g/mol. The largest absolute Gasteiger partial charge is 0.369 e. The Bertz CT molecular complexity index is 830. The minimum Gasteiger partial charge on any atom is -0.369 e. The number of nitrogens with zero attached hydrogens (tertiary/aromatic N) is 2. The van der Waals surface area contributed by atoms with Crippen LogP contribution in [-0.2, 0) is 4.79 Å². The minimum absolute atomic E-state index is 0.0285. The van der Waals surface area contributed by atoms with Gasteiger partial charge in [-0.25, -0.2) is 0 Å². The molecule has 2 aromatic rings. The molecule has 1 heterocycles. The van der Waals surface area contributed by atoms with Crippen molar-refractivity contribution in [3.8, 4) is 0 Å². The maximum Gasteiger partial charge on any atom is 0.241 e. The summed E-state index contributed by atoms with van der Waals surface area (Å²) in [6.07, 6.45) is 2.01. The van der Waals surface area contributed by atoms with Crippen molar-refractivity contribution in [2.75, 3.05) is 42.7 Å². The molecule has 1 N–H and O–H groups in total. The van der Waals surface area contributed by atoms with Crippen LogP contribution in [0, 0.1) is 0 Å². The standard InChI is InChI=1S/C22H27N3O2S/c1-16(22(27)23-20-6-4-5-7-21(20)28-3)24-12-14-25(15-13-24)19-10-8-18(9-11-19)17(2)26/h4-11,16H,12-15H2,1-3H3,(H,23,27)/t16-/m0/s1. The molecule has 0 unspecified atom stereocenters. The second-order valence-corrected chi connectivity index (χ2v) is 7.84. The van der Waals surface area contributed by atoms with E-state index in [0.717, 1.165) is 48.0 Å². The Morgan fingerprint density at radius 1 is 1.00 bits per heavy atom. The van der Waals surface area contributed by atoms with Crippen LogP contribution < -0.4 is 10.2 Å². The summed E-state index contributed by atoms with van der Waals surface area (Å²) in [5, 5.41) is 3.07. The first-order chi connectivity index (χ1) is 13.5. The molecule has 28 heavy (non-hydrogen) atoms. The molecule has 0 spiro atoms. The molecular weight excluding hydrogens is 370 g/mol. The van der Waals surface area contributed by atoms with E-state index in [9.17, 15) is 9.59 Å². The molecular formula is C22H27N3O2S. The summed E-state index contributed by atoms with van der Waals surface area (Å²) in [5.74, 6) is 0.111. The molecule has 1 saturated heterocycles. The SMILES string of the molecule is CSc1ccccc1NC(=O)[C@H](C)N1CCN(c2ccc(C(C)=O)cc2)CC1. The van der Waals surface area contributed by atoms with E-state index in [4.69, 9.17) is 0 Å². The van der Waals surface area contributed by atoms with Gasteiger partial charge in [0, 0.05) is 42.3 Å². The van der Waals surface area contributed by atoms with Crippen molar-refractivity contribution in [1.29, 1.82) is 0 Å². The topological polar surface area (TPSA) is 52.7 Å². The fourth-order valence-corrected chi connectivity index (χ4v) is 3.98. The first kappa shape index (κ1) is 20.4. The normalized spacial score (nSPS) is 15.9. The van der Waals surface area contributed by atoms with Gasteiger partial charge in [-0.05, 0) is 56.5 Å². The molecule has 0 bridgehead atoms. The molecule has 1 amide bonds. The van der Waals surface area contributed by atoms with Crippen molar-refractivity contribution < 1.29 is 9.59 Å². The molecule has 1 atom stereocenters. The lowest BCUT2D eigenvalue weighted by molar-refractivity contribution is -0.120. The van der Waals surface area contributed by atoms with Gasteiger partial charge in [-0.1, -0.05) is 12.1 Å². The highest BCUT2D eigenvalue weighted by Crippen LogP contribution is 2.25. The molecule has 0 saturated carbocycles. The van der Waals surface area contributed by atoms with E-state index in [2.05, 4.69) is 15.1 Å². The van der Waals surface area contributed by atoms with Crippen LogP contribution in [0.25, 0.3) is 0 Å². The minimum atomic E-state index is -0.183. The van der Waals surface area contributed by atoms with E-state index in [0.29, 0.717) is 0 Å². The molecule has 1 fully saturated rings. The highest BCUT2D eigenvalue weighted by atomic mass is 32.2. The fourth-order valence-electron chi connectivity index (χ4n) is 3.43. The van der Waals surface area contributed by atoms with Crippen molar-refractivity contribution >= 4 is 34.8 Å². The zero-order valence-corrected chi connectivity index (χ0v) is 17.5. The average Bonchev–Trinajstić information content (AvgIpc) is 2.73. The number of hydrogen-bond acceptors (Lipinski definition) is 5. The number of thioether (sulfide) groups is 1. The second kappa shape index (κ2) is 9.26. The van der Waals surface area contributed by atoms with Gasteiger partial charge < -0.3 is 10.2 Å². The lowest BCUT2D eigenvalue weighted by Gasteiger charge is -2.38. The zero-order valence-electron chi connectivity index (χ0n) is 16.6. The number of para-hydroxylation sites is 1. The summed E-state index contributed by atoms with van der Waals surface area (Å²) in [6.45, 7) is 6.92. The second-order valence-electron chi connectivity index (χ2n) is 6.99. The van der Waals surface area contributed by atoms with E-state index in [1.165, 1.54) is 0 Å². The Morgan fingerprint density at radius 2 is 1.64 bits per heavy atom. The molecule has 3 rings (SSSR count). The predicted molar refractivity (Wildman–Crippen MR) is 117 cm³/mol. The first-order valence-corrected chi connectivity index (χ1v) is 10.8. The van der Waals surface area contributed by atoms with Gasteiger partial charge in [0.2, 0.25) is 5.91 Å². The smallest absolute Gasteiger partial charge is 0.241 e. The predicted octanol–water partition coefficient (Wildman–Crippen LogP) is 3.76. The number of piperazine rings is 1.